The average Bonchev–Trinajstić information content (AvgIpc) is 2.97. The highest BCUT2D eigenvalue weighted by Crippen LogP contribution is 2.34. The molecule has 0 saturated carbocycles. The minimum absolute atomic E-state index is 0.0727. The Balaban J connectivity index is 1.23. The quantitative estimate of drug-likeness (QED) is 0.480. The SMILES string of the molecule is Cc1ncnc(C)c1C(=O)N1CCC(C)(N2CCC(N(Cc3ccccc3)c3ccc(CN)cc3)CC2)CC1. The molecule has 7 heteroatoms. The second-order valence-corrected chi connectivity index (χ2v) is 11.4. The molecule has 7 nitrogen and oxygen atoms in total. The topological polar surface area (TPSA) is 78.6 Å². The summed E-state index contributed by atoms with van der Waals surface area (Å²) < 4.78 is 0. The van der Waals surface area contributed by atoms with Crippen molar-refractivity contribution in [3.63, 3.8) is 0 Å². The van der Waals surface area contributed by atoms with Crippen molar-refractivity contribution in [3.05, 3.63) is 89.0 Å². The van der Waals surface area contributed by atoms with Gasteiger partial charge < -0.3 is 15.5 Å². The van der Waals surface area contributed by atoms with Gasteiger partial charge in [-0.25, -0.2) is 9.97 Å². The molecule has 1 aromatic heterocycles. The van der Waals surface area contributed by atoms with Gasteiger partial charge in [0.15, 0.2) is 0 Å². The molecule has 2 fully saturated rings. The highest BCUT2D eigenvalue weighted by Gasteiger charge is 2.39. The van der Waals surface area contributed by atoms with Crippen LogP contribution < -0.4 is 10.6 Å². The van der Waals surface area contributed by atoms with E-state index in [2.05, 4.69) is 81.3 Å². The minimum Gasteiger partial charge on any atom is -0.364 e. The molecule has 5 rings (SSSR count). The zero-order chi connectivity index (χ0) is 27.4. The molecule has 206 valence electrons. The predicted molar refractivity (Wildman–Crippen MR) is 157 cm³/mol. The number of likely N-dealkylation sites (tertiary alicyclic amines) is 2. The molecule has 2 aliphatic rings. The Hall–Kier alpha value is -3.29. The molecular weight excluding hydrogens is 484 g/mol. The smallest absolute Gasteiger partial charge is 0.257 e. The first-order chi connectivity index (χ1) is 18.9. The van der Waals surface area contributed by atoms with Crippen molar-refractivity contribution in [2.24, 2.45) is 5.73 Å². The highest BCUT2D eigenvalue weighted by molar-refractivity contribution is 5.96. The number of nitrogens with two attached hydrogens (primary N) is 1. The fraction of sp³-hybridized carbons (Fsp3) is 0.469. The fourth-order valence-electron chi connectivity index (χ4n) is 6.32. The van der Waals surface area contributed by atoms with E-state index in [9.17, 15) is 4.79 Å². The molecule has 2 aliphatic heterocycles. The van der Waals surface area contributed by atoms with Crippen LogP contribution in [-0.4, -0.2) is 63.4 Å². The molecule has 0 unspecified atom stereocenters. The first-order valence-electron chi connectivity index (χ1n) is 14.3. The van der Waals surface area contributed by atoms with Crippen molar-refractivity contribution < 1.29 is 4.79 Å². The van der Waals surface area contributed by atoms with Crippen molar-refractivity contribution in [1.29, 1.82) is 0 Å². The van der Waals surface area contributed by atoms with Gasteiger partial charge in [-0.05, 0) is 69.7 Å². The lowest BCUT2D eigenvalue weighted by atomic mass is 9.85. The Bertz CT molecular complexity index is 1230. The second kappa shape index (κ2) is 11.8. The van der Waals surface area contributed by atoms with Crippen LogP contribution in [-0.2, 0) is 13.1 Å². The van der Waals surface area contributed by atoms with Gasteiger partial charge in [-0.3, -0.25) is 9.69 Å². The number of benzene rings is 2. The van der Waals surface area contributed by atoms with E-state index in [4.69, 9.17) is 5.73 Å². The molecule has 0 aliphatic carbocycles. The van der Waals surface area contributed by atoms with E-state index in [-0.39, 0.29) is 11.4 Å². The lowest BCUT2D eigenvalue weighted by Crippen LogP contribution is -2.58. The van der Waals surface area contributed by atoms with Crippen molar-refractivity contribution in [1.82, 2.24) is 19.8 Å². The van der Waals surface area contributed by atoms with Gasteiger partial charge in [0.1, 0.15) is 6.33 Å². The molecule has 0 atom stereocenters. The summed E-state index contributed by atoms with van der Waals surface area (Å²) in [5.41, 5.74) is 11.9. The monoisotopic (exact) mass is 526 g/mol. The Morgan fingerprint density at radius 2 is 1.54 bits per heavy atom. The summed E-state index contributed by atoms with van der Waals surface area (Å²) in [5.74, 6) is 0.0727. The van der Waals surface area contributed by atoms with Crippen LogP contribution in [0.3, 0.4) is 0 Å². The summed E-state index contributed by atoms with van der Waals surface area (Å²) in [6, 6.07) is 20.0. The van der Waals surface area contributed by atoms with E-state index < -0.39 is 0 Å². The molecule has 0 spiro atoms. The number of amides is 1. The summed E-state index contributed by atoms with van der Waals surface area (Å²) in [6.45, 7) is 11.4. The maximum absolute atomic E-state index is 13.3. The summed E-state index contributed by atoms with van der Waals surface area (Å²) in [7, 11) is 0. The molecule has 2 aromatic carbocycles. The van der Waals surface area contributed by atoms with Crippen molar-refractivity contribution in [2.45, 2.75) is 71.1 Å². The Morgan fingerprint density at radius 1 is 0.923 bits per heavy atom. The number of hydrogen-bond donors (Lipinski definition) is 1. The van der Waals surface area contributed by atoms with Crippen LogP contribution in [0.1, 0.15) is 65.5 Å². The van der Waals surface area contributed by atoms with Gasteiger partial charge in [0.25, 0.3) is 5.91 Å². The van der Waals surface area contributed by atoms with Crippen molar-refractivity contribution >= 4 is 11.6 Å². The van der Waals surface area contributed by atoms with Crippen LogP contribution in [0.2, 0.25) is 0 Å². The lowest BCUT2D eigenvalue weighted by molar-refractivity contribution is 0.0170. The minimum atomic E-state index is 0.0727. The third-order valence-corrected chi connectivity index (χ3v) is 8.94. The number of aryl methyl sites for hydroxylation is 2. The fourth-order valence-corrected chi connectivity index (χ4v) is 6.32. The van der Waals surface area contributed by atoms with Crippen molar-refractivity contribution in [2.75, 3.05) is 31.1 Å². The first kappa shape index (κ1) is 27.3. The number of aromatic nitrogens is 2. The lowest BCUT2D eigenvalue weighted by Gasteiger charge is -2.50. The number of carbonyl (C=O) groups excluding carboxylic acids is 1. The third kappa shape index (κ3) is 5.99. The van der Waals surface area contributed by atoms with E-state index in [0.29, 0.717) is 18.2 Å². The van der Waals surface area contributed by atoms with Crippen LogP contribution in [0.5, 0.6) is 0 Å². The van der Waals surface area contributed by atoms with Gasteiger partial charge in [-0.15, -0.1) is 0 Å². The van der Waals surface area contributed by atoms with E-state index in [0.717, 1.165) is 75.4 Å². The Morgan fingerprint density at radius 3 is 2.13 bits per heavy atom. The Labute approximate surface area is 233 Å². The molecule has 1 amide bonds. The first-order valence-corrected chi connectivity index (χ1v) is 14.3. The van der Waals surface area contributed by atoms with Crippen LogP contribution in [0, 0.1) is 13.8 Å². The van der Waals surface area contributed by atoms with E-state index in [1.165, 1.54) is 17.6 Å². The standard InChI is InChI=1S/C32H42N6O/c1-24-30(25(2)35-23-34-24)31(39)36-19-15-32(3,16-20-36)37-17-13-29(14-18-37)38(22-27-7-5-4-6-8-27)28-11-9-26(21-33)10-12-28/h4-12,23,29H,13-22,33H2,1-3H3. The number of anilines is 1. The van der Waals surface area contributed by atoms with Gasteiger partial charge >= 0.3 is 0 Å². The van der Waals surface area contributed by atoms with E-state index >= 15 is 0 Å². The van der Waals surface area contributed by atoms with Crippen molar-refractivity contribution in [3.8, 4) is 0 Å². The molecule has 2 saturated heterocycles. The predicted octanol–water partition coefficient (Wildman–Crippen LogP) is 4.72. The summed E-state index contributed by atoms with van der Waals surface area (Å²) in [6.07, 6.45) is 5.77. The zero-order valence-electron chi connectivity index (χ0n) is 23.6. The number of piperidine rings is 2. The van der Waals surface area contributed by atoms with Crippen LogP contribution in [0.4, 0.5) is 5.69 Å². The molecule has 3 heterocycles. The number of nitrogens with zero attached hydrogens (tertiary/aromatic N) is 5. The highest BCUT2D eigenvalue weighted by atomic mass is 16.2. The number of rotatable bonds is 7. The maximum atomic E-state index is 13.3. The maximum Gasteiger partial charge on any atom is 0.257 e. The second-order valence-electron chi connectivity index (χ2n) is 11.4. The van der Waals surface area contributed by atoms with Gasteiger partial charge in [-0.2, -0.15) is 0 Å². The van der Waals surface area contributed by atoms with E-state index in [1.54, 1.807) is 0 Å². The average molecular weight is 527 g/mol. The summed E-state index contributed by atoms with van der Waals surface area (Å²) in [5, 5.41) is 0. The molecule has 39 heavy (non-hydrogen) atoms. The summed E-state index contributed by atoms with van der Waals surface area (Å²) >= 11 is 0. The zero-order valence-corrected chi connectivity index (χ0v) is 23.6. The van der Waals surface area contributed by atoms with Gasteiger partial charge in [0.05, 0.1) is 17.0 Å². The molecular formula is C32H42N6O. The largest absolute Gasteiger partial charge is 0.364 e. The van der Waals surface area contributed by atoms with Gasteiger partial charge in [0, 0.05) is 56.5 Å². The molecule has 0 radical (unpaired) electrons. The molecule has 0 bridgehead atoms. The summed E-state index contributed by atoms with van der Waals surface area (Å²) in [4.78, 5) is 29.1. The Kier molecular flexibility index (Phi) is 8.29. The van der Waals surface area contributed by atoms with Gasteiger partial charge in [-0.1, -0.05) is 42.5 Å². The van der Waals surface area contributed by atoms with Crippen LogP contribution in [0.15, 0.2) is 60.9 Å². The number of hydrogen-bond acceptors (Lipinski definition) is 6. The third-order valence-electron chi connectivity index (χ3n) is 8.94. The van der Waals surface area contributed by atoms with Crippen LogP contribution >= 0.6 is 0 Å². The number of carbonyl (C=O) groups is 1. The van der Waals surface area contributed by atoms with Gasteiger partial charge in [0.2, 0.25) is 0 Å². The molecule has 3 aromatic rings. The molecule has 2 N–H and O–H groups in total. The van der Waals surface area contributed by atoms with E-state index in [1.807, 2.05) is 18.7 Å². The van der Waals surface area contributed by atoms with Crippen LogP contribution in [0.25, 0.3) is 0 Å². The normalized spacial score (nSPS) is 18.2.